The monoisotopic (exact) mass is 328 g/mol. The van der Waals surface area contributed by atoms with E-state index in [0.717, 1.165) is 6.42 Å². The Morgan fingerprint density at radius 1 is 1.14 bits per heavy atom. The molecule has 7 heteroatoms. The lowest BCUT2D eigenvalue weighted by molar-refractivity contribution is -0.118. The van der Waals surface area contributed by atoms with Crippen LogP contribution in [0.4, 0.5) is 0 Å². The normalized spacial score (nSPS) is 11.5. The summed E-state index contributed by atoms with van der Waals surface area (Å²) in [5.74, 6) is 0.563. The van der Waals surface area contributed by atoms with E-state index in [0.29, 0.717) is 25.3 Å². The van der Waals surface area contributed by atoms with Gasteiger partial charge in [0.15, 0.2) is 0 Å². The van der Waals surface area contributed by atoms with Gasteiger partial charge in [-0.25, -0.2) is 13.1 Å². The first-order valence-corrected chi connectivity index (χ1v) is 8.80. The molecule has 1 rings (SSSR count). The molecule has 0 spiro atoms. The molecule has 6 nitrogen and oxygen atoms in total. The van der Waals surface area contributed by atoms with Gasteiger partial charge in [-0.1, -0.05) is 0 Å². The zero-order chi connectivity index (χ0) is 16.6. The maximum atomic E-state index is 12.1. The topological polar surface area (TPSA) is 84.5 Å². The maximum Gasteiger partial charge on any atom is 0.240 e. The van der Waals surface area contributed by atoms with Crippen LogP contribution in [0, 0.1) is 0 Å². The van der Waals surface area contributed by atoms with E-state index < -0.39 is 10.0 Å². The second-order valence-electron chi connectivity index (χ2n) is 5.23. The van der Waals surface area contributed by atoms with E-state index in [1.165, 1.54) is 19.1 Å². The molecular formula is C15H24N2O4S. The third-order valence-electron chi connectivity index (χ3n) is 2.78. The van der Waals surface area contributed by atoms with Crippen molar-refractivity contribution in [2.75, 3.05) is 13.1 Å². The summed E-state index contributed by atoms with van der Waals surface area (Å²) >= 11 is 0. The number of ether oxygens (including phenoxy) is 1. The Balaban J connectivity index is 2.44. The number of carbonyl (C=O) groups excluding carboxylic acids is 1. The fourth-order valence-electron chi connectivity index (χ4n) is 1.77. The zero-order valence-electron chi connectivity index (χ0n) is 13.3. The summed E-state index contributed by atoms with van der Waals surface area (Å²) in [6, 6.07) is 6.34. The van der Waals surface area contributed by atoms with E-state index in [2.05, 4.69) is 10.0 Å². The molecule has 0 aliphatic carbocycles. The van der Waals surface area contributed by atoms with Gasteiger partial charge in [0.05, 0.1) is 11.0 Å². The third-order valence-corrected chi connectivity index (χ3v) is 4.25. The number of hydrogen-bond donors (Lipinski definition) is 2. The van der Waals surface area contributed by atoms with Crippen molar-refractivity contribution in [2.24, 2.45) is 0 Å². The van der Waals surface area contributed by atoms with Crippen molar-refractivity contribution in [2.45, 2.75) is 44.6 Å². The van der Waals surface area contributed by atoms with Gasteiger partial charge in [-0.05, 0) is 51.0 Å². The maximum absolute atomic E-state index is 12.1. The summed E-state index contributed by atoms with van der Waals surface area (Å²) in [4.78, 5) is 10.9. The Bertz CT molecular complexity index is 568. The number of unbranched alkanes of at least 4 members (excludes halogenated alkanes) is 1. The van der Waals surface area contributed by atoms with Gasteiger partial charge in [-0.2, -0.15) is 0 Å². The molecule has 1 aromatic rings. The molecule has 0 saturated heterocycles. The molecule has 22 heavy (non-hydrogen) atoms. The first-order chi connectivity index (χ1) is 10.3. The largest absolute Gasteiger partial charge is 0.491 e. The van der Waals surface area contributed by atoms with Crippen LogP contribution < -0.4 is 14.8 Å². The standard InChI is InChI=1S/C15H24N2O4S/c1-12(2)21-14-6-8-15(9-7-14)22(19,20)17-11-5-4-10-16-13(3)18/h6-9,12,17H,4-5,10-11H2,1-3H3,(H,16,18). The SMILES string of the molecule is CC(=O)NCCCCNS(=O)(=O)c1ccc(OC(C)C)cc1. The minimum atomic E-state index is -3.50. The molecule has 2 N–H and O–H groups in total. The number of benzene rings is 1. The molecule has 1 aromatic carbocycles. The minimum Gasteiger partial charge on any atom is -0.491 e. The van der Waals surface area contributed by atoms with Crippen LogP contribution in [0.5, 0.6) is 5.75 Å². The van der Waals surface area contributed by atoms with Crippen molar-refractivity contribution >= 4 is 15.9 Å². The highest BCUT2D eigenvalue weighted by molar-refractivity contribution is 7.89. The van der Waals surface area contributed by atoms with Crippen LogP contribution in [0.1, 0.15) is 33.6 Å². The lowest BCUT2D eigenvalue weighted by atomic mass is 10.3. The number of hydrogen-bond acceptors (Lipinski definition) is 4. The Kier molecular flexibility index (Phi) is 7.34. The Hall–Kier alpha value is -1.60. The zero-order valence-corrected chi connectivity index (χ0v) is 14.1. The molecule has 0 radical (unpaired) electrons. The summed E-state index contributed by atoms with van der Waals surface area (Å²) < 4.78 is 32.2. The Morgan fingerprint density at radius 3 is 2.27 bits per heavy atom. The van der Waals surface area contributed by atoms with E-state index in [4.69, 9.17) is 4.74 Å². The highest BCUT2D eigenvalue weighted by Crippen LogP contribution is 2.16. The number of nitrogens with one attached hydrogen (secondary N) is 2. The van der Waals surface area contributed by atoms with Gasteiger partial charge in [0.2, 0.25) is 15.9 Å². The lowest BCUT2D eigenvalue weighted by Gasteiger charge is -2.11. The number of carbonyl (C=O) groups is 1. The summed E-state index contributed by atoms with van der Waals surface area (Å²) in [5.41, 5.74) is 0. The van der Waals surface area contributed by atoms with E-state index in [-0.39, 0.29) is 16.9 Å². The highest BCUT2D eigenvalue weighted by atomic mass is 32.2. The summed E-state index contributed by atoms with van der Waals surface area (Å²) in [7, 11) is -3.50. The highest BCUT2D eigenvalue weighted by Gasteiger charge is 2.13. The van der Waals surface area contributed by atoms with Crippen LogP contribution in [0.3, 0.4) is 0 Å². The molecule has 0 heterocycles. The van der Waals surface area contributed by atoms with Crippen LogP contribution in [-0.2, 0) is 14.8 Å². The van der Waals surface area contributed by atoms with E-state index in [1.807, 2.05) is 13.8 Å². The van der Waals surface area contributed by atoms with Crippen molar-refractivity contribution in [3.05, 3.63) is 24.3 Å². The van der Waals surface area contributed by atoms with Crippen molar-refractivity contribution in [3.63, 3.8) is 0 Å². The quantitative estimate of drug-likeness (QED) is 0.675. The van der Waals surface area contributed by atoms with E-state index in [1.54, 1.807) is 12.1 Å². The number of amides is 1. The molecule has 124 valence electrons. The van der Waals surface area contributed by atoms with Gasteiger partial charge >= 0.3 is 0 Å². The van der Waals surface area contributed by atoms with Gasteiger partial charge in [0, 0.05) is 20.0 Å². The van der Waals surface area contributed by atoms with Crippen molar-refractivity contribution in [1.82, 2.24) is 10.0 Å². The Labute approximate surface area is 132 Å². The van der Waals surface area contributed by atoms with Gasteiger partial charge < -0.3 is 10.1 Å². The lowest BCUT2D eigenvalue weighted by Crippen LogP contribution is -2.26. The molecule has 0 bridgehead atoms. The van der Waals surface area contributed by atoms with Crippen molar-refractivity contribution in [3.8, 4) is 5.75 Å². The first kappa shape index (κ1) is 18.4. The average Bonchev–Trinajstić information content (AvgIpc) is 2.42. The predicted molar refractivity (Wildman–Crippen MR) is 85.3 cm³/mol. The van der Waals surface area contributed by atoms with Crippen LogP contribution in [-0.4, -0.2) is 33.5 Å². The van der Waals surface area contributed by atoms with E-state index >= 15 is 0 Å². The first-order valence-electron chi connectivity index (χ1n) is 7.32. The molecular weight excluding hydrogens is 304 g/mol. The minimum absolute atomic E-state index is 0.0455. The third kappa shape index (κ3) is 6.91. The molecule has 0 aliphatic heterocycles. The molecule has 0 atom stereocenters. The summed E-state index contributed by atoms with van der Waals surface area (Å²) in [5, 5.41) is 2.67. The van der Waals surface area contributed by atoms with Crippen molar-refractivity contribution < 1.29 is 17.9 Å². The molecule has 0 saturated carbocycles. The fraction of sp³-hybridized carbons (Fsp3) is 0.533. The second-order valence-corrected chi connectivity index (χ2v) is 6.99. The van der Waals surface area contributed by atoms with Crippen LogP contribution in [0.25, 0.3) is 0 Å². The molecule has 0 fully saturated rings. The number of rotatable bonds is 9. The molecule has 0 unspecified atom stereocenters. The van der Waals surface area contributed by atoms with Crippen LogP contribution >= 0.6 is 0 Å². The van der Waals surface area contributed by atoms with Crippen LogP contribution in [0.2, 0.25) is 0 Å². The average molecular weight is 328 g/mol. The fourth-order valence-corrected chi connectivity index (χ4v) is 2.85. The smallest absolute Gasteiger partial charge is 0.240 e. The molecule has 1 amide bonds. The molecule has 0 aromatic heterocycles. The van der Waals surface area contributed by atoms with E-state index in [9.17, 15) is 13.2 Å². The van der Waals surface area contributed by atoms with Gasteiger partial charge in [-0.3, -0.25) is 4.79 Å². The van der Waals surface area contributed by atoms with Gasteiger partial charge in [-0.15, -0.1) is 0 Å². The predicted octanol–water partition coefficient (Wildman–Crippen LogP) is 1.67. The Morgan fingerprint density at radius 2 is 1.73 bits per heavy atom. The summed E-state index contributed by atoms with van der Waals surface area (Å²) in [6.45, 7) is 6.17. The molecule has 0 aliphatic rings. The van der Waals surface area contributed by atoms with Crippen LogP contribution in [0.15, 0.2) is 29.2 Å². The van der Waals surface area contributed by atoms with Gasteiger partial charge in [0.25, 0.3) is 0 Å². The van der Waals surface area contributed by atoms with Gasteiger partial charge in [0.1, 0.15) is 5.75 Å². The summed E-state index contributed by atoms with van der Waals surface area (Å²) in [6.07, 6.45) is 1.43. The number of sulfonamides is 1. The van der Waals surface area contributed by atoms with Crippen molar-refractivity contribution in [1.29, 1.82) is 0 Å². The second kappa shape index (κ2) is 8.75.